The number of nitrogens with two attached hydrogens (primary N) is 1. The van der Waals surface area contributed by atoms with Crippen molar-refractivity contribution in [2.45, 2.75) is 19.8 Å². The second-order valence-corrected chi connectivity index (χ2v) is 3.43. The topological polar surface area (TPSA) is 29.3 Å². The highest BCUT2D eigenvalue weighted by Gasteiger charge is 2.15. The van der Waals surface area contributed by atoms with Crippen LogP contribution in [0.2, 0.25) is 0 Å². The van der Waals surface area contributed by atoms with Crippen molar-refractivity contribution < 1.29 is 0 Å². The van der Waals surface area contributed by atoms with E-state index in [1.807, 2.05) is 0 Å². The van der Waals surface area contributed by atoms with Gasteiger partial charge in [0.15, 0.2) is 5.11 Å². The summed E-state index contributed by atoms with van der Waals surface area (Å²) in [4.78, 5) is 2.08. The molecule has 0 spiro atoms. The van der Waals surface area contributed by atoms with Crippen molar-refractivity contribution in [2.75, 3.05) is 13.1 Å². The molecule has 58 valence electrons. The Balaban J connectivity index is 2.33. The second kappa shape index (κ2) is 3.19. The highest BCUT2D eigenvalue weighted by Crippen LogP contribution is 2.15. The van der Waals surface area contributed by atoms with E-state index in [9.17, 15) is 0 Å². The van der Waals surface area contributed by atoms with Crippen LogP contribution in [0.3, 0.4) is 0 Å². The van der Waals surface area contributed by atoms with Crippen molar-refractivity contribution >= 4 is 17.3 Å². The van der Waals surface area contributed by atoms with Crippen molar-refractivity contribution in [1.82, 2.24) is 4.90 Å². The van der Waals surface area contributed by atoms with Gasteiger partial charge in [0.05, 0.1) is 0 Å². The lowest BCUT2D eigenvalue weighted by molar-refractivity contribution is 0.282. The van der Waals surface area contributed by atoms with E-state index in [4.69, 9.17) is 18.0 Å². The summed E-state index contributed by atoms with van der Waals surface area (Å²) in [5.74, 6) is 0.852. The molecule has 1 heterocycles. The van der Waals surface area contributed by atoms with Crippen LogP contribution in [-0.4, -0.2) is 23.1 Å². The van der Waals surface area contributed by atoms with Crippen LogP contribution >= 0.6 is 12.2 Å². The molecule has 0 aromatic heterocycles. The molecule has 0 aliphatic carbocycles. The second-order valence-electron chi connectivity index (χ2n) is 3.01. The maximum absolute atomic E-state index is 5.47. The molecule has 0 saturated carbocycles. The highest BCUT2D eigenvalue weighted by molar-refractivity contribution is 7.80. The minimum Gasteiger partial charge on any atom is -0.376 e. The molecular formula is C7H14N2S. The van der Waals surface area contributed by atoms with Crippen LogP contribution in [-0.2, 0) is 0 Å². The molecule has 2 N–H and O–H groups in total. The summed E-state index contributed by atoms with van der Waals surface area (Å²) in [5, 5.41) is 0.562. The zero-order valence-electron chi connectivity index (χ0n) is 6.34. The summed E-state index contributed by atoms with van der Waals surface area (Å²) < 4.78 is 0. The third kappa shape index (κ3) is 1.84. The molecule has 0 radical (unpaired) electrons. The lowest BCUT2D eigenvalue weighted by Crippen LogP contribution is -2.40. The maximum atomic E-state index is 5.47. The van der Waals surface area contributed by atoms with Crippen LogP contribution < -0.4 is 5.73 Å². The fraction of sp³-hybridized carbons (Fsp3) is 0.857. The Labute approximate surface area is 67.4 Å². The predicted molar refractivity (Wildman–Crippen MR) is 46.8 cm³/mol. The summed E-state index contributed by atoms with van der Waals surface area (Å²) in [6.45, 7) is 4.38. The van der Waals surface area contributed by atoms with Crippen molar-refractivity contribution in [1.29, 1.82) is 0 Å². The average molecular weight is 158 g/mol. The zero-order chi connectivity index (χ0) is 7.56. The van der Waals surface area contributed by atoms with E-state index >= 15 is 0 Å². The molecule has 1 saturated heterocycles. The molecule has 0 unspecified atom stereocenters. The molecule has 1 aliphatic rings. The van der Waals surface area contributed by atoms with Gasteiger partial charge in [0.1, 0.15) is 0 Å². The van der Waals surface area contributed by atoms with E-state index in [1.54, 1.807) is 0 Å². The number of piperidine rings is 1. The largest absolute Gasteiger partial charge is 0.376 e. The fourth-order valence-corrected chi connectivity index (χ4v) is 1.41. The lowest BCUT2D eigenvalue weighted by Gasteiger charge is -2.30. The summed E-state index contributed by atoms with van der Waals surface area (Å²) in [5.41, 5.74) is 5.47. The normalized spacial score (nSPS) is 21.1. The van der Waals surface area contributed by atoms with Crippen LogP contribution in [0.25, 0.3) is 0 Å². The Hall–Kier alpha value is -0.310. The van der Waals surface area contributed by atoms with Crippen LogP contribution in [0, 0.1) is 5.92 Å². The van der Waals surface area contributed by atoms with Crippen LogP contribution in [0.15, 0.2) is 0 Å². The van der Waals surface area contributed by atoms with Crippen LogP contribution in [0.1, 0.15) is 19.8 Å². The molecule has 0 amide bonds. The van der Waals surface area contributed by atoms with Crippen molar-refractivity contribution in [3.05, 3.63) is 0 Å². The molecule has 0 aromatic carbocycles. The Morgan fingerprint density at radius 2 is 2.00 bits per heavy atom. The van der Waals surface area contributed by atoms with Gasteiger partial charge in [-0.1, -0.05) is 6.92 Å². The predicted octanol–water partition coefficient (Wildman–Crippen LogP) is 0.962. The van der Waals surface area contributed by atoms with Crippen LogP contribution in [0.4, 0.5) is 0 Å². The Kier molecular flexibility index (Phi) is 2.49. The van der Waals surface area contributed by atoms with Crippen molar-refractivity contribution in [3.8, 4) is 0 Å². The van der Waals surface area contributed by atoms with E-state index < -0.39 is 0 Å². The minimum absolute atomic E-state index is 0.562. The number of nitrogens with zero attached hydrogens (tertiary/aromatic N) is 1. The molecule has 10 heavy (non-hydrogen) atoms. The molecule has 3 heteroatoms. The molecule has 1 rings (SSSR count). The number of likely N-dealkylation sites (tertiary alicyclic amines) is 1. The first-order chi connectivity index (χ1) is 4.70. The molecular weight excluding hydrogens is 144 g/mol. The summed E-state index contributed by atoms with van der Waals surface area (Å²) in [6.07, 6.45) is 2.47. The van der Waals surface area contributed by atoms with Gasteiger partial charge in [0.25, 0.3) is 0 Å². The van der Waals surface area contributed by atoms with Gasteiger partial charge in [-0.15, -0.1) is 0 Å². The average Bonchev–Trinajstić information content (AvgIpc) is 1.88. The van der Waals surface area contributed by atoms with E-state index in [0.717, 1.165) is 19.0 Å². The first-order valence-corrected chi connectivity index (χ1v) is 4.15. The summed E-state index contributed by atoms with van der Waals surface area (Å²) in [7, 11) is 0. The van der Waals surface area contributed by atoms with Gasteiger partial charge >= 0.3 is 0 Å². The smallest absolute Gasteiger partial charge is 0.166 e. The fourth-order valence-electron chi connectivity index (χ4n) is 1.23. The highest BCUT2D eigenvalue weighted by atomic mass is 32.1. The standard InChI is InChI=1S/C7H14N2S/c1-6-2-4-9(5-3-6)7(8)10/h6H,2-5H2,1H3,(H2,8,10). The summed E-state index contributed by atoms with van der Waals surface area (Å²) >= 11 is 4.86. The third-order valence-corrected chi connectivity index (χ3v) is 2.35. The number of rotatable bonds is 0. The first kappa shape index (κ1) is 7.79. The number of hydrogen-bond donors (Lipinski definition) is 1. The molecule has 1 fully saturated rings. The molecule has 0 atom stereocenters. The minimum atomic E-state index is 0.562. The summed E-state index contributed by atoms with van der Waals surface area (Å²) in [6, 6.07) is 0. The SMILES string of the molecule is CC1CCN(C(N)=S)CC1. The Morgan fingerprint density at radius 3 is 2.40 bits per heavy atom. The maximum Gasteiger partial charge on any atom is 0.166 e. The van der Waals surface area contributed by atoms with E-state index in [2.05, 4.69) is 11.8 Å². The van der Waals surface area contributed by atoms with Gasteiger partial charge in [0.2, 0.25) is 0 Å². The van der Waals surface area contributed by atoms with Gasteiger partial charge in [-0.3, -0.25) is 0 Å². The zero-order valence-corrected chi connectivity index (χ0v) is 7.16. The van der Waals surface area contributed by atoms with Gasteiger partial charge in [-0.05, 0) is 31.0 Å². The molecule has 0 bridgehead atoms. The van der Waals surface area contributed by atoms with Gasteiger partial charge in [-0.2, -0.15) is 0 Å². The lowest BCUT2D eigenvalue weighted by atomic mass is 10.00. The van der Waals surface area contributed by atoms with Crippen LogP contribution in [0.5, 0.6) is 0 Å². The van der Waals surface area contributed by atoms with Crippen molar-refractivity contribution in [3.63, 3.8) is 0 Å². The first-order valence-electron chi connectivity index (χ1n) is 3.74. The number of hydrogen-bond acceptors (Lipinski definition) is 1. The quantitative estimate of drug-likeness (QED) is 0.532. The monoisotopic (exact) mass is 158 g/mol. The van der Waals surface area contributed by atoms with Gasteiger partial charge in [0, 0.05) is 13.1 Å². The van der Waals surface area contributed by atoms with E-state index in [-0.39, 0.29) is 0 Å². The Bertz CT molecular complexity index is 128. The third-order valence-electron chi connectivity index (χ3n) is 2.10. The Morgan fingerprint density at radius 1 is 1.50 bits per heavy atom. The van der Waals surface area contributed by atoms with Gasteiger partial charge < -0.3 is 10.6 Å². The number of thiocarbonyl (C=S) groups is 1. The molecule has 1 aliphatic heterocycles. The molecule has 2 nitrogen and oxygen atoms in total. The van der Waals surface area contributed by atoms with Crippen molar-refractivity contribution in [2.24, 2.45) is 11.7 Å². The van der Waals surface area contributed by atoms with Gasteiger partial charge in [-0.25, -0.2) is 0 Å². The van der Waals surface area contributed by atoms with E-state index in [1.165, 1.54) is 12.8 Å². The van der Waals surface area contributed by atoms with E-state index in [0.29, 0.717) is 5.11 Å². The molecule has 0 aromatic rings.